The summed E-state index contributed by atoms with van der Waals surface area (Å²) in [7, 11) is 0. The van der Waals surface area contributed by atoms with Crippen molar-refractivity contribution in [2.75, 3.05) is 31.2 Å². The van der Waals surface area contributed by atoms with Gasteiger partial charge in [0.15, 0.2) is 0 Å². The fourth-order valence-electron chi connectivity index (χ4n) is 4.72. The number of nitrogens with one attached hydrogen (secondary N) is 1. The van der Waals surface area contributed by atoms with Crippen molar-refractivity contribution in [1.29, 1.82) is 0 Å². The molecule has 2 aromatic rings. The van der Waals surface area contributed by atoms with Crippen molar-refractivity contribution in [3.8, 4) is 0 Å². The Kier molecular flexibility index (Phi) is 8.79. The number of aromatic carboxylic acids is 1. The first kappa shape index (κ1) is 23.6. The van der Waals surface area contributed by atoms with Crippen molar-refractivity contribution in [1.82, 2.24) is 5.32 Å². The van der Waals surface area contributed by atoms with Gasteiger partial charge in [-0.05, 0) is 50.8 Å². The first-order chi connectivity index (χ1) is 15.1. The van der Waals surface area contributed by atoms with E-state index in [4.69, 9.17) is 9.15 Å². The van der Waals surface area contributed by atoms with Crippen LogP contribution in [0.15, 0.2) is 16.5 Å². The Morgan fingerprint density at radius 3 is 2.58 bits per heavy atom. The Hall–Kier alpha value is -2.05. The number of unbranched alkanes of at least 4 members (excludes halogenated alkanes) is 3. The summed E-state index contributed by atoms with van der Waals surface area (Å²) in [6.07, 6.45) is 7.46. The van der Waals surface area contributed by atoms with Crippen molar-refractivity contribution in [2.45, 2.75) is 78.3 Å². The maximum Gasteiger partial charge on any atom is 0.336 e. The minimum Gasteiger partial charge on any atom is -0.478 e. The number of hydrogen-bond donors (Lipinski definition) is 2. The molecule has 1 saturated heterocycles. The number of carboxylic acids is 1. The van der Waals surface area contributed by atoms with E-state index in [1.54, 1.807) is 0 Å². The third-order valence-corrected chi connectivity index (χ3v) is 6.32. The first-order valence-electron chi connectivity index (χ1n) is 12.0. The van der Waals surface area contributed by atoms with Crippen molar-refractivity contribution < 1.29 is 19.1 Å². The zero-order valence-corrected chi connectivity index (χ0v) is 19.3. The van der Waals surface area contributed by atoms with Gasteiger partial charge in [-0.25, -0.2) is 4.79 Å². The molecule has 0 radical (unpaired) electrons. The lowest BCUT2D eigenvalue weighted by Crippen LogP contribution is -2.40. The van der Waals surface area contributed by atoms with Gasteiger partial charge in [-0.1, -0.05) is 33.1 Å². The van der Waals surface area contributed by atoms with Gasteiger partial charge >= 0.3 is 5.97 Å². The van der Waals surface area contributed by atoms with E-state index in [0.29, 0.717) is 35.5 Å². The lowest BCUT2D eigenvalue weighted by Gasteiger charge is -2.36. The number of rotatable bonds is 12. The molecule has 0 aliphatic carbocycles. The molecule has 2 N–H and O–H groups in total. The predicted molar refractivity (Wildman–Crippen MR) is 125 cm³/mol. The molecule has 0 unspecified atom stereocenters. The molecular weight excluding hydrogens is 392 g/mol. The Labute approximate surface area is 185 Å². The van der Waals surface area contributed by atoms with E-state index in [1.165, 1.54) is 19.3 Å². The van der Waals surface area contributed by atoms with E-state index < -0.39 is 5.97 Å². The fourth-order valence-corrected chi connectivity index (χ4v) is 4.72. The Morgan fingerprint density at radius 2 is 1.94 bits per heavy atom. The second-order valence-electron chi connectivity index (χ2n) is 8.40. The number of carbonyl (C=O) groups is 1. The molecule has 172 valence electrons. The van der Waals surface area contributed by atoms with Crippen molar-refractivity contribution in [2.24, 2.45) is 0 Å². The fraction of sp³-hybridized carbons (Fsp3) is 0.640. The highest BCUT2D eigenvalue weighted by Crippen LogP contribution is 2.36. The third-order valence-electron chi connectivity index (χ3n) is 6.32. The van der Waals surface area contributed by atoms with Crippen LogP contribution in [0.3, 0.4) is 0 Å². The van der Waals surface area contributed by atoms with E-state index in [-0.39, 0.29) is 0 Å². The predicted octanol–water partition coefficient (Wildman–Crippen LogP) is 5.37. The SMILES string of the molecule is CCCCCCNCc1cc2c(C(=O)O)c(CC)c(N(CC)C3CCOCC3)cc2o1. The number of carboxylic acid groups (broad SMARTS) is 1. The highest BCUT2D eigenvalue weighted by atomic mass is 16.5. The van der Waals surface area contributed by atoms with E-state index in [2.05, 4.69) is 30.1 Å². The molecule has 0 bridgehead atoms. The maximum absolute atomic E-state index is 12.3. The molecule has 1 fully saturated rings. The smallest absolute Gasteiger partial charge is 0.336 e. The summed E-state index contributed by atoms with van der Waals surface area (Å²) in [5.41, 5.74) is 2.94. The summed E-state index contributed by atoms with van der Waals surface area (Å²) in [5, 5.41) is 14.2. The second kappa shape index (κ2) is 11.5. The zero-order valence-electron chi connectivity index (χ0n) is 19.3. The lowest BCUT2D eigenvalue weighted by atomic mass is 9.96. The molecule has 0 spiro atoms. The molecule has 0 saturated carbocycles. The molecule has 6 nitrogen and oxygen atoms in total. The molecule has 1 aromatic heterocycles. The van der Waals surface area contributed by atoms with Crippen molar-refractivity contribution in [3.05, 3.63) is 29.0 Å². The molecule has 1 aliphatic heterocycles. The minimum atomic E-state index is -0.883. The minimum absolute atomic E-state index is 0.363. The molecule has 0 amide bonds. The van der Waals surface area contributed by atoms with Crippen molar-refractivity contribution in [3.63, 3.8) is 0 Å². The number of furan rings is 1. The van der Waals surface area contributed by atoms with Crippen molar-refractivity contribution >= 4 is 22.6 Å². The average Bonchev–Trinajstić information content (AvgIpc) is 3.18. The van der Waals surface area contributed by atoms with Crippen LogP contribution in [0.4, 0.5) is 5.69 Å². The summed E-state index contributed by atoms with van der Waals surface area (Å²) >= 11 is 0. The number of benzene rings is 1. The van der Waals surface area contributed by atoms with E-state index in [1.807, 2.05) is 13.0 Å². The molecule has 1 aromatic carbocycles. The number of anilines is 1. The molecule has 1 aliphatic rings. The van der Waals surface area contributed by atoms with Crippen LogP contribution in [0, 0.1) is 0 Å². The van der Waals surface area contributed by atoms with Crippen LogP contribution in [-0.4, -0.2) is 43.4 Å². The number of nitrogens with zero attached hydrogens (tertiary/aromatic N) is 1. The van der Waals surface area contributed by atoms with Gasteiger partial charge in [-0.15, -0.1) is 0 Å². The van der Waals surface area contributed by atoms with Gasteiger partial charge < -0.3 is 24.5 Å². The van der Waals surface area contributed by atoms with Gasteiger partial charge in [0, 0.05) is 42.9 Å². The molecule has 0 atom stereocenters. The van der Waals surface area contributed by atoms with Crippen LogP contribution in [0.1, 0.15) is 81.0 Å². The van der Waals surface area contributed by atoms with Gasteiger partial charge in [-0.3, -0.25) is 0 Å². The number of fused-ring (bicyclic) bond motifs is 1. The van der Waals surface area contributed by atoms with Gasteiger partial charge in [0.2, 0.25) is 0 Å². The maximum atomic E-state index is 12.3. The normalized spacial score (nSPS) is 14.9. The Bertz CT molecular complexity index is 855. The van der Waals surface area contributed by atoms with E-state index >= 15 is 0 Å². The van der Waals surface area contributed by atoms with Crippen LogP contribution >= 0.6 is 0 Å². The van der Waals surface area contributed by atoms with Gasteiger partial charge in [-0.2, -0.15) is 0 Å². The quantitative estimate of drug-likeness (QED) is 0.441. The highest BCUT2D eigenvalue weighted by Gasteiger charge is 2.27. The first-order valence-corrected chi connectivity index (χ1v) is 12.0. The summed E-state index contributed by atoms with van der Waals surface area (Å²) in [6.45, 7) is 10.3. The molecular formula is C25H38N2O4. The summed E-state index contributed by atoms with van der Waals surface area (Å²) in [4.78, 5) is 14.7. The van der Waals surface area contributed by atoms with Crippen LogP contribution in [0.5, 0.6) is 0 Å². The van der Waals surface area contributed by atoms with Crippen LogP contribution in [0.25, 0.3) is 11.0 Å². The Morgan fingerprint density at radius 1 is 1.16 bits per heavy atom. The summed E-state index contributed by atoms with van der Waals surface area (Å²) in [5.74, 6) is -0.0899. The van der Waals surface area contributed by atoms with Crippen LogP contribution in [-0.2, 0) is 17.7 Å². The molecule has 3 rings (SSSR count). The van der Waals surface area contributed by atoms with Crippen LogP contribution in [0.2, 0.25) is 0 Å². The van der Waals surface area contributed by atoms with Gasteiger partial charge in [0.05, 0.1) is 12.1 Å². The number of hydrogen-bond acceptors (Lipinski definition) is 5. The largest absolute Gasteiger partial charge is 0.478 e. The van der Waals surface area contributed by atoms with Gasteiger partial charge in [0.25, 0.3) is 0 Å². The van der Waals surface area contributed by atoms with E-state index in [9.17, 15) is 9.90 Å². The number of ether oxygens (including phenoxy) is 1. The standard InChI is InChI=1S/C25H38N2O4/c1-4-7-8-9-12-26-17-19-15-21-23(31-19)16-22(20(5-2)24(21)25(28)29)27(6-3)18-10-13-30-14-11-18/h15-16,18,26H,4-14,17H2,1-3H3,(H,28,29). The lowest BCUT2D eigenvalue weighted by molar-refractivity contribution is 0.0697. The zero-order chi connectivity index (χ0) is 22.2. The van der Waals surface area contributed by atoms with Gasteiger partial charge in [0.1, 0.15) is 11.3 Å². The highest BCUT2D eigenvalue weighted by molar-refractivity contribution is 6.06. The third kappa shape index (κ3) is 5.60. The second-order valence-corrected chi connectivity index (χ2v) is 8.40. The molecule has 2 heterocycles. The summed E-state index contributed by atoms with van der Waals surface area (Å²) < 4.78 is 11.7. The van der Waals surface area contributed by atoms with Crippen LogP contribution < -0.4 is 10.2 Å². The molecule has 31 heavy (non-hydrogen) atoms. The topological polar surface area (TPSA) is 74.9 Å². The summed E-state index contributed by atoms with van der Waals surface area (Å²) in [6, 6.07) is 4.33. The molecule has 6 heteroatoms. The average molecular weight is 431 g/mol. The monoisotopic (exact) mass is 430 g/mol. The Balaban J connectivity index is 1.91. The van der Waals surface area contributed by atoms with E-state index in [0.717, 1.165) is 62.6 Å².